The van der Waals surface area contributed by atoms with Crippen molar-refractivity contribution in [2.45, 2.75) is 26.9 Å². The van der Waals surface area contributed by atoms with E-state index in [1.165, 1.54) is 15.6 Å². The number of nitrogens with one attached hydrogen (secondary N) is 1. The van der Waals surface area contributed by atoms with Crippen molar-refractivity contribution in [1.29, 1.82) is 0 Å². The van der Waals surface area contributed by atoms with E-state index in [1.54, 1.807) is 13.0 Å². The van der Waals surface area contributed by atoms with Gasteiger partial charge in [-0.05, 0) is 53.6 Å². The lowest BCUT2D eigenvalue weighted by Crippen LogP contribution is -2.44. The Balaban J connectivity index is 1.61. The fourth-order valence-corrected chi connectivity index (χ4v) is 3.74. The molecule has 0 aliphatic rings. The quantitative estimate of drug-likeness (QED) is 0.374. The van der Waals surface area contributed by atoms with Crippen LogP contribution in [0.2, 0.25) is 0 Å². The van der Waals surface area contributed by atoms with Crippen LogP contribution in [0.25, 0.3) is 5.69 Å². The fourth-order valence-electron chi connectivity index (χ4n) is 3.74. The predicted octanol–water partition coefficient (Wildman–Crippen LogP) is 1.24. The van der Waals surface area contributed by atoms with Crippen LogP contribution in [0, 0.1) is 6.92 Å². The molecule has 4 rings (SSSR count). The number of aryl methyl sites for hydroxylation is 1. The molecule has 11 heteroatoms. The second-order valence-corrected chi connectivity index (χ2v) is 7.70. The molecule has 4 aromatic rings. The lowest BCUT2D eigenvalue weighted by Gasteiger charge is -2.16. The second kappa shape index (κ2) is 9.53. The molecule has 0 unspecified atom stereocenters. The topological polar surface area (TPSA) is 143 Å². The number of nitrogens with zero attached hydrogens (tertiary/aromatic N) is 6. The average Bonchev–Trinajstić information content (AvgIpc) is 3.36. The largest absolute Gasteiger partial charge is 0.384 e. The van der Waals surface area contributed by atoms with Gasteiger partial charge >= 0.3 is 5.69 Å². The summed E-state index contributed by atoms with van der Waals surface area (Å²) in [5.74, 6) is -0.644. The molecule has 0 fully saturated rings. The standard InChI is InChI=1S/C23H24N8O3/c1-3-29-22(33)20(21(24)30(23(29)34)13-16-7-5-4-6-8-16)19(32)12-25-17-9-10-18(15(2)11-17)31-14-26-27-28-31/h4-11,14,25H,3,12-13,24H2,1-2H3. The maximum absolute atomic E-state index is 13.1. The van der Waals surface area contributed by atoms with Gasteiger partial charge in [0, 0.05) is 12.2 Å². The number of ketones is 1. The molecule has 34 heavy (non-hydrogen) atoms. The highest BCUT2D eigenvalue weighted by molar-refractivity contribution is 6.02. The Bertz CT molecular complexity index is 1440. The molecule has 2 aromatic heterocycles. The number of carbonyl (C=O) groups excluding carboxylic acids is 1. The third kappa shape index (κ3) is 4.35. The first-order chi connectivity index (χ1) is 16.4. The Morgan fingerprint density at radius 2 is 1.85 bits per heavy atom. The van der Waals surface area contributed by atoms with Crippen LogP contribution in [0.15, 0.2) is 64.4 Å². The van der Waals surface area contributed by atoms with Crippen LogP contribution in [0.3, 0.4) is 0 Å². The molecule has 11 nitrogen and oxygen atoms in total. The Morgan fingerprint density at radius 3 is 2.50 bits per heavy atom. The van der Waals surface area contributed by atoms with Gasteiger partial charge in [0.15, 0.2) is 5.78 Å². The summed E-state index contributed by atoms with van der Waals surface area (Å²) in [6.07, 6.45) is 1.49. The molecule has 174 valence electrons. The van der Waals surface area contributed by atoms with Crippen LogP contribution in [-0.4, -0.2) is 41.7 Å². The van der Waals surface area contributed by atoms with Crippen molar-refractivity contribution in [3.05, 3.63) is 92.4 Å². The minimum Gasteiger partial charge on any atom is -0.384 e. The Hall–Kier alpha value is -4.54. The van der Waals surface area contributed by atoms with Crippen molar-refractivity contribution < 1.29 is 4.79 Å². The van der Waals surface area contributed by atoms with E-state index >= 15 is 0 Å². The predicted molar refractivity (Wildman–Crippen MR) is 127 cm³/mol. The molecule has 0 spiro atoms. The van der Waals surface area contributed by atoms with Gasteiger partial charge < -0.3 is 11.1 Å². The van der Waals surface area contributed by atoms with Crippen LogP contribution < -0.4 is 22.3 Å². The Labute approximate surface area is 194 Å². The third-order valence-corrected chi connectivity index (χ3v) is 5.49. The van der Waals surface area contributed by atoms with Gasteiger partial charge in [-0.15, -0.1) is 5.10 Å². The van der Waals surface area contributed by atoms with Crippen LogP contribution in [0.5, 0.6) is 0 Å². The fraction of sp³-hybridized carbons (Fsp3) is 0.217. The van der Waals surface area contributed by atoms with Crippen LogP contribution in [0.4, 0.5) is 11.5 Å². The smallest absolute Gasteiger partial charge is 0.332 e. The Morgan fingerprint density at radius 1 is 1.09 bits per heavy atom. The van der Waals surface area contributed by atoms with E-state index in [4.69, 9.17) is 5.73 Å². The van der Waals surface area contributed by atoms with Gasteiger partial charge in [0.2, 0.25) is 0 Å². The highest BCUT2D eigenvalue weighted by Gasteiger charge is 2.22. The van der Waals surface area contributed by atoms with Crippen LogP contribution in [0.1, 0.15) is 28.4 Å². The third-order valence-electron chi connectivity index (χ3n) is 5.49. The van der Waals surface area contributed by atoms with E-state index in [1.807, 2.05) is 49.4 Å². The molecular formula is C23H24N8O3. The van der Waals surface area contributed by atoms with Crippen molar-refractivity contribution in [2.24, 2.45) is 0 Å². The van der Waals surface area contributed by atoms with Crippen LogP contribution >= 0.6 is 0 Å². The number of hydrogen-bond acceptors (Lipinski definition) is 8. The van der Waals surface area contributed by atoms with E-state index in [-0.39, 0.29) is 31.0 Å². The van der Waals surface area contributed by atoms with Gasteiger partial charge in [0.05, 0.1) is 18.8 Å². The summed E-state index contributed by atoms with van der Waals surface area (Å²) in [4.78, 5) is 38.9. The van der Waals surface area contributed by atoms with Crippen LogP contribution in [-0.2, 0) is 13.1 Å². The molecule has 2 heterocycles. The maximum Gasteiger partial charge on any atom is 0.332 e. The highest BCUT2D eigenvalue weighted by Crippen LogP contribution is 2.18. The van der Waals surface area contributed by atoms with Gasteiger partial charge in [-0.25, -0.2) is 9.48 Å². The second-order valence-electron chi connectivity index (χ2n) is 7.70. The molecule has 0 radical (unpaired) electrons. The van der Waals surface area contributed by atoms with E-state index in [0.29, 0.717) is 5.69 Å². The number of benzene rings is 2. The number of hydrogen-bond donors (Lipinski definition) is 2. The first-order valence-corrected chi connectivity index (χ1v) is 10.7. The molecule has 0 saturated heterocycles. The number of carbonyl (C=O) groups is 1. The zero-order valence-electron chi connectivity index (χ0n) is 18.8. The molecule has 0 bridgehead atoms. The molecule has 0 aliphatic carbocycles. The lowest BCUT2D eigenvalue weighted by molar-refractivity contribution is 0.100. The van der Waals surface area contributed by atoms with E-state index < -0.39 is 17.0 Å². The van der Waals surface area contributed by atoms with Crippen molar-refractivity contribution in [3.8, 4) is 5.69 Å². The molecule has 3 N–H and O–H groups in total. The minimum absolute atomic E-state index is 0.123. The van der Waals surface area contributed by atoms with Crippen molar-refractivity contribution in [2.75, 3.05) is 17.6 Å². The zero-order chi connectivity index (χ0) is 24.2. The zero-order valence-corrected chi connectivity index (χ0v) is 18.8. The van der Waals surface area contributed by atoms with Crippen molar-refractivity contribution in [1.82, 2.24) is 29.3 Å². The number of nitrogen functional groups attached to an aromatic ring is 1. The Kier molecular flexibility index (Phi) is 6.35. The van der Waals surface area contributed by atoms with E-state index in [0.717, 1.165) is 21.4 Å². The summed E-state index contributed by atoms with van der Waals surface area (Å²) in [6, 6.07) is 14.7. The summed E-state index contributed by atoms with van der Waals surface area (Å²) in [5, 5.41) is 14.2. The van der Waals surface area contributed by atoms with Crippen molar-refractivity contribution >= 4 is 17.3 Å². The van der Waals surface area contributed by atoms with Gasteiger partial charge in [-0.2, -0.15) is 0 Å². The lowest BCUT2D eigenvalue weighted by atomic mass is 10.1. The van der Waals surface area contributed by atoms with Crippen molar-refractivity contribution in [3.63, 3.8) is 0 Å². The highest BCUT2D eigenvalue weighted by atomic mass is 16.2. The first kappa shape index (κ1) is 22.6. The van der Waals surface area contributed by atoms with Gasteiger partial charge in [0.25, 0.3) is 5.56 Å². The summed E-state index contributed by atoms with van der Waals surface area (Å²) in [5.41, 5.74) is 7.95. The molecule has 0 aliphatic heterocycles. The number of nitrogens with two attached hydrogens (primary N) is 1. The number of aromatic nitrogens is 6. The molecule has 0 atom stereocenters. The minimum atomic E-state index is -0.689. The normalized spacial score (nSPS) is 10.9. The summed E-state index contributed by atoms with van der Waals surface area (Å²) in [7, 11) is 0. The summed E-state index contributed by atoms with van der Waals surface area (Å²) in [6.45, 7) is 3.67. The molecule has 0 amide bonds. The summed E-state index contributed by atoms with van der Waals surface area (Å²) < 4.78 is 3.82. The van der Waals surface area contributed by atoms with Gasteiger partial charge in [-0.1, -0.05) is 30.3 Å². The molecule has 2 aromatic carbocycles. The molecular weight excluding hydrogens is 436 g/mol. The summed E-state index contributed by atoms with van der Waals surface area (Å²) >= 11 is 0. The average molecular weight is 460 g/mol. The number of anilines is 2. The maximum atomic E-state index is 13.1. The number of tetrazole rings is 1. The van der Waals surface area contributed by atoms with Gasteiger partial charge in [0.1, 0.15) is 17.7 Å². The van der Waals surface area contributed by atoms with E-state index in [2.05, 4.69) is 20.8 Å². The van der Waals surface area contributed by atoms with Gasteiger partial charge in [-0.3, -0.25) is 18.7 Å². The number of Topliss-reactive ketones (excluding diaryl/α,β-unsaturated/α-hetero) is 1. The number of rotatable bonds is 8. The SMILES string of the molecule is CCn1c(=O)c(C(=O)CNc2ccc(-n3cnnn3)c(C)c2)c(N)n(Cc2ccccc2)c1=O. The molecule has 0 saturated carbocycles. The first-order valence-electron chi connectivity index (χ1n) is 10.7. The van der Waals surface area contributed by atoms with E-state index in [9.17, 15) is 14.4 Å². The monoisotopic (exact) mass is 460 g/mol.